The molecule has 2 amide bonds. The molecule has 0 aliphatic carbocycles. The van der Waals surface area contributed by atoms with Crippen LogP contribution >= 0.6 is 11.3 Å². The number of morpholine rings is 1. The van der Waals surface area contributed by atoms with Crippen LogP contribution < -0.4 is 5.32 Å². The number of hydrogen-bond acceptors (Lipinski definition) is 4. The maximum atomic E-state index is 12.8. The normalized spacial score (nSPS) is 23.4. The second-order valence-electron chi connectivity index (χ2n) is 6.17. The third-order valence-electron chi connectivity index (χ3n) is 3.70. The molecule has 1 fully saturated rings. The van der Waals surface area contributed by atoms with Crippen LogP contribution in [0.3, 0.4) is 0 Å². The molecule has 1 aliphatic rings. The smallest absolute Gasteiger partial charge is 0.262 e. The van der Waals surface area contributed by atoms with Gasteiger partial charge < -0.3 is 15.0 Å². The average Bonchev–Trinajstić information content (AvgIpc) is 2.96. The number of thiophene rings is 1. The summed E-state index contributed by atoms with van der Waals surface area (Å²) in [5, 5.41) is 4.74. The molecular formula is C16H24N2O3S. The van der Waals surface area contributed by atoms with Gasteiger partial charge in [0.1, 0.15) is 6.04 Å². The fourth-order valence-corrected chi connectivity index (χ4v) is 3.32. The van der Waals surface area contributed by atoms with Gasteiger partial charge in [0.25, 0.3) is 5.91 Å². The van der Waals surface area contributed by atoms with Gasteiger partial charge in [-0.25, -0.2) is 0 Å². The highest BCUT2D eigenvalue weighted by atomic mass is 32.1. The summed E-state index contributed by atoms with van der Waals surface area (Å²) < 4.78 is 5.67. The molecule has 6 heteroatoms. The topological polar surface area (TPSA) is 58.6 Å². The molecule has 1 aromatic rings. The zero-order chi connectivity index (χ0) is 16.3. The Morgan fingerprint density at radius 1 is 1.32 bits per heavy atom. The minimum Gasteiger partial charge on any atom is -0.372 e. The zero-order valence-corrected chi connectivity index (χ0v) is 14.4. The molecule has 22 heavy (non-hydrogen) atoms. The minimum absolute atomic E-state index is 0.0218. The first-order chi connectivity index (χ1) is 10.4. The van der Waals surface area contributed by atoms with Crippen molar-refractivity contribution in [2.45, 2.75) is 45.9 Å². The summed E-state index contributed by atoms with van der Waals surface area (Å²) in [6.07, 6.45) is 0.0435. The molecule has 1 saturated heterocycles. The highest BCUT2D eigenvalue weighted by Crippen LogP contribution is 2.16. The van der Waals surface area contributed by atoms with Crippen molar-refractivity contribution >= 4 is 23.2 Å². The van der Waals surface area contributed by atoms with Crippen LogP contribution in [-0.2, 0) is 9.53 Å². The quantitative estimate of drug-likeness (QED) is 0.923. The third-order valence-corrected chi connectivity index (χ3v) is 4.56. The maximum Gasteiger partial charge on any atom is 0.262 e. The van der Waals surface area contributed by atoms with Crippen LogP contribution in [0.25, 0.3) is 0 Å². The zero-order valence-electron chi connectivity index (χ0n) is 13.5. The molecule has 3 atom stereocenters. The number of carbonyl (C=O) groups is 2. The van der Waals surface area contributed by atoms with Crippen molar-refractivity contribution in [2.75, 3.05) is 13.1 Å². The lowest BCUT2D eigenvalue weighted by molar-refractivity contribution is -0.146. The van der Waals surface area contributed by atoms with E-state index >= 15 is 0 Å². The highest BCUT2D eigenvalue weighted by Gasteiger charge is 2.33. The minimum atomic E-state index is -0.507. The standard InChI is InChI=1S/C16H24N2O3S/c1-10(2)14(17-15(19)13-6-5-7-22-13)16(20)18-8-11(3)21-12(4)9-18/h5-7,10-12,14H,8-9H2,1-4H3,(H,17,19)/t11-,12-,14-/m1/s1. The lowest BCUT2D eigenvalue weighted by Crippen LogP contribution is -2.56. The number of hydrogen-bond donors (Lipinski definition) is 1. The van der Waals surface area contributed by atoms with Gasteiger partial charge in [0.05, 0.1) is 17.1 Å². The predicted octanol–water partition coefficient (Wildman–Crippen LogP) is 2.14. The second-order valence-corrected chi connectivity index (χ2v) is 7.12. The molecule has 122 valence electrons. The van der Waals surface area contributed by atoms with Crippen LogP contribution in [0.15, 0.2) is 17.5 Å². The van der Waals surface area contributed by atoms with E-state index in [9.17, 15) is 9.59 Å². The third kappa shape index (κ3) is 4.08. The van der Waals surface area contributed by atoms with Crippen molar-refractivity contribution in [2.24, 2.45) is 5.92 Å². The van der Waals surface area contributed by atoms with E-state index in [1.54, 1.807) is 11.0 Å². The van der Waals surface area contributed by atoms with Gasteiger partial charge in [0.15, 0.2) is 0 Å². The van der Waals surface area contributed by atoms with Crippen molar-refractivity contribution in [1.82, 2.24) is 10.2 Å². The van der Waals surface area contributed by atoms with Crippen LogP contribution in [0.2, 0.25) is 0 Å². The predicted molar refractivity (Wildman–Crippen MR) is 87.0 cm³/mol. The Balaban J connectivity index is 2.07. The van der Waals surface area contributed by atoms with Gasteiger partial charge in [-0.3, -0.25) is 9.59 Å². The monoisotopic (exact) mass is 324 g/mol. The van der Waals surface area contributed by atoms with Gasteiger partial charge in [-0.2, -0.15) is 0 Å². The van der Waals surface area contributed by atoms with Crippen LogP contribution in [0.4, 0.5) is 0 Å². The number of amides is 2. The van der Waals surface area contributed by atoms with E-state index in [0.717, 1.165) is 0 Å². The molecule has 1 aromatic heterocycles. The summed E-state index contributed by atoms with van der Waals surface area (Å²) in [5.74, 6) is -0.178. The number of rotatable bonds is 4. The first-order valence-electron chi connectivity index (χ1n) is 7.67. The molecule has 0 unspecified atom stereocenters. The Morgan fingerprint density at radius 2 is 1.95 bits per heavy atom. The molecule has 2 rings (SSSR count). The van der Waals surface area contributed by atoms with Gasteiger partial charge >= 0.3 is 0 Å². The van der Waals surface area contributed by atoms with Gasteiger partial charge in [-0.05, 0) is 31.2 Å². The Morgan fingerprint density at radius 3 is 2.45 bits per heavy atom. The average molecular weight is 324 g/mol. The van der Waals surface area contributed by atoms with Crippen molar-refractivity contribution in [1.29, 1.82) is 0 Å². The summed E-state index contributed by atoms with van der Waals surface area (Å²) in [6, 6.07) is 3.09. The van der Waals surface area contributed by atoms with E-state index in [2.05, 4.69) is 5.32 Å². The van der Waals surface area contributed by atoms with E-state index in [0.29, 0.717) is 18.0 Å². The van der Waals surface area contributed by atoms with E-state index in [-0.39, 0.29) is 29.9 Å². The first-order valence-corrected chi connectivity index (χ1v) is 8.55. The molecule has 1 N–H and O–H groups in total. The van der Waals surface area contributed by atoms with Crippen molar-refractivity contribution in [3.8, 4) is 0 Å². The number of carbonyl (C=O) groups excluding carboxylic acids is 2. The lowest BCUT2D eigenvalue weighted by atomic mass is 10.0. The Bertz CT molecular complexity index is 505. The van der Waals surface area contributed by atoms with Crippen LogP contribution in [0, 0.1) is 5.92 Å². The number of nitrogens with one attached hydrogen (secondary N) is 1. The van der Waals surface area contributed by atoms with Crippen LogP contribution in [0.5, 0.6) is 0 Å². The molecule has 5 nitrogen and oxygen atoms in total. The Kier molecular flexibility index (Phi) is 5.58. The fourth-order valence-electron chi connectivity index (χ4n) is 2.69. The fraction of sp³-hybridized carbons (Fsp3) is 0.625. The molecule has 0 aromatic carbocycles. The van der Waals surface area contributed by atoms with E-state index in [4.69, 9.17) is 4.74 Å². The molecule has 0 spiro atoms. The Hall–Kier alpha value is -1.40. The van der Waals surface area contributed by atoms with Crippen molar-refractivity contribution in [3.05, 3.63) is 22.4 Å². The Labute approximate surface area is 135 Å². The molecule has 0 saturated carbocycles. The van der Waals surface area contributed by atoms with Crippen LogP contribution in [0.1, 0.15) is 37.4 Å². The summed E-state index contributed by atoms with van der Waals surface area (Å²) in [6.45, 7) is 8.97. The van der Waals surface area contributed by atoms with E-state index in [1.807, 2.05) is 39.1 Å². The summed E-state index contributed by atoms with van der Waals surface area (Å²) in [4.78, 5) is 27.5. The van der Waals surface area contributed by atoms with E-state index in [1.165, 1.54) is 11.3 Å². The second kappa shape index (κ2) is 7.24. The largest absolute Gasteiger partial charge is 0.372 e. The summed E-state index contributed by atoms with van der Waals surface area (Å²) in [7, 11) is 0. The lowest BCUT2D eigenvalue weighted by Gasteiger charge is -2.38. The van der Waals surface area contributed by atoms with E-state index < -0.39 is 6.04 Å². The summed E-state index contributed by atoms with van der Waals surface area (Å²) in [5.41, 5.74) is 0. The van der Waals surface area contributed by atoms with Crippen molar-refractivity contribution in [3.63, 3.8) is 0 Å². The van der Waals surface area contributed by atoms with Gasteiger partial charge in [-0.15, -0.1) is 11.3 Å². The molecule has 0 radical (unpaired) electrons. The van der Waals surface area contributed by atoms with Gasteiger partial charge in [0.2, 0.25) is 5.91 Å². The summed E-state index contributed by atoms with van der Waals surface area (Å²) >= 11 is 1.38. The first kappa shape index (κ1) is 17.0. The van der Waals surface area contributed by atoms with Crippen LogP contribution in [-0.4, -0.2) is 48.1 Å². The SMILES string of the molecule is CC(C)[C@@H](NC(=O)c1cccs1)C(=O)N1C[C@@H](C)O[C@H](C)C1. The molecule has 1 aliphatic heterocycles. The van der Waals surface area contributed by atoms with Gasteiger partial charge in [0, 0.05) is 13.1 Å². The van der Waals surface area contributed by atoms with Gasteiger partial charge in [-0.1, -0.05) is 19.9 Å². The molecule has 2 heterocycles. The highest BCUT2D eigenvalue weighted by molar-refractivity contribution is 7.12. The maximum absolute atomic E-state index is 12.8. The molecular weight excluding hydrogens is 300 g/mol. The number of nitrogens with zero attached hydrogens (tertiary/aromatic N) is 1. The number of ether oxygens (including phenoxy) is 1. The van der Waals surface area contributed by atoms with Crippen molar-refractivity contribution < 1.29 is 14.3 Å². The molecule has 0 bridgehead atoms.